The zero-order valence-corrected chi connectivity index (χ0v) is 14.4. The van der Waals surface area contributed by atoms with E-state index in [1.807, 2.05) is 42.5 Å². The number of amides is 1. The van der Waals surface area contributed by atoms with Gasteiger partial charge in [-0.3, -0.25) is 9.59 Å². The van der Waals surface area contributed by atoms with Crippen LogP contribution in [0.5, 0.6) is 0 Å². The molecule has 2 N–H and O–H groups in total. The van der Waals surface area contributed by atoms with Gasteiger partial charge in [-0.15, -0.1) is 0 Å². The van der Waals surface area contributed by atoms with E-state index in [4.69, 9.17) is 5.11 Å². The number of aliphatic carboxylic acids is 1. The van der Waals surface area contributed by atoms with Gasteiger partial charge in [0.1, 0.15) is 0 Å². The zero-order valence-electron chi connectivity index (χ0n) is 14.4. The van der Waals surface area contributed by atoms with Crippen LogP contribution >= 0.6 is 0 Å². The van der Waals surface area contributed by atoms with Crippen LogP contribution in [0.4, 0.5) is 5.69 Å². The number of benzene rings is 2. The maximum Gasteiger partial charge on any atom is 0.306 e. The number of nitrogens with one attached hydrogen (secondary N) is 1. The lowest BCUT2D eigenvalue weighted by molar-refractivity contribution is -0.141. The molecule has 1 unspecified atom stereocenters. The van der Waals surface area contributed by atoms with Crippen molar-refractivity contribution in [2.45, 2.75) is 32.6 Å². The molecule has 1 saturated carbocycles. The van der Waals surface area contributed by atoms with E-state index in [0.717, 1.165) is 30.5 Å². The Bertz CT molecular complexity index is 748. The minimum absolute atomic E-state index is 0.0722. The van der Waals surface area contributed by atoms with E-state index in [9.17, 15) is 9.59 Å². The third-order valence-corrected chi connectivity index (χ3v) is 4.90. The minimum atomic E-state index is -0.797. The number of hydrogen-bond donors (Lipinski definition) is 2. The van der Waals surface area contributed by atoms with Crippen molar-refractivity contribution in [3.05, 3.63) is 65.7 Å². The molecule has 1 amide bonds. The van der Waals surface area contributed by atoms with E-state index in [-0.39, 0.29) is 11.3 Å². The summed E-state index contributed by atoms with van der Waals surface area (Å²) in [5, 5.41) is 12.0. The van der Waals surface area contributed by atoms with Gasteiger partial charge in [0, 0.05) is 5.69 Å². The fourth-order valence-corrected chi connectivity index (χ4v) is 3.05. The second-order valence-electron chi connectivity index (χ2n) is 7.04. The topological polar surface area (TPSA) is 66.4 Å². The maximum atomic E-state index is 12.7. The van der Waals surface area contributed by atoms with Crippen LogP contribution in [0.1, 0.15) is 30.9 Å². The smallest absolute Gasteiger partial charge is 0.306 e. The van der Waals surface area contributed by atoms with E-state index in [0.29, 0.717) is 6.42 Å². The molecule has 0 heterocycles. The molecule has 0 radical (unpaired) electrons. The second kappa shape index (κ2) is 7.09. The van der Waals surface area contributed by atoms with Gasteiger partial charge in [0.05, 0.1) is 11.3 Å². The summed E-state index contributed by atoms with van der Waals surface area (Å²) < 4.78 is 0. The summed E-state index contributed by atoms with van der Waals surface area (Å²) in [5.41, 5.74) is 2.63. The average molecular weight is 337 g/mol. The molecule has 0 aliphatic heterocycles. The van der Waals surface area contributed by atoms with Crippen molar-refractivity contribution in [1.82, 2.24) is 0 Å². The van der Waals surface area contributed by atoms with E-state index in [1.165, 1.54) is 5.56 Å². The van der Waals surface area contributed by atoms with Crippen LogP contribution in [0.2, 0.25) is 0 Å². The van der Waals surface area contributed by atoms with Crippen LogP contribution in [0.15, 0.2) is 54.6 Å². The molecule has 25 heavy (non-hydrogen) atoms. The predicted octanol–water partition coefficient (Wildman–Crippen LogP) is 3.91. The summed E-state index contributed by atoms with van der Waals surface area (Å²) in [4.78, 5) is 23.6. The molecule has 0 bridgehead atoms. The number of carboxylic acid groups (broad SMARTS) is 1. The van der Waals surface area contributed by atoms with E-state index in [2.05, 4.69) is 17.4 Å². The Balaban J connectivity index is 1.60. The molecule has 0 spiro atoms. The number of carbonyl (C=O) groups excluding carboxylic acids is 1. The van der Waals surface area contributed by atoms with Gasteiger partial charge >= 0.3 is 5.97 Å². The Kier molecular flexibility index (Phi) is 4.88. The van der Waals surface area contributed by atoms with Crippen LogP contribution in [0.25, 0.3) is 0 Å². The molecule has 0 saturated heterocycles. The molecule has 1 atom stereocenters. The third kappa shape index (κ3) is 4.27. The van der Waals surface area contributed by atoms with Crippen LogP contribution < -0.4 is 5.32 Å². The molecule has 1 aliphatic rings. The molecule has 4 nitrogen and oxygen atoms in total. The van der Waals surface area contributed by atoms with Gasteiger partial charge in [-0.2, -0.15) is 0 Å². The second-order valence-corrected chi connectivity index (χ2v) is 7.04. The Labute approximate surface area is 147 Å². The van der Waals surface area contributed by atoms with Crippen LogP contribution in [0.3, 0.4) is 0 Å². The summed E-state index contributed by atoms with van der Waals surface area (Å²) in [5.74, 6) is -1.14. The monoisotopic (exact) mass is 337 g/mol. The molecule has 2 aromatic carbocycles. The minimum Gasteiger partial charge on any atom is -0.481 e. The Morgan fingerprint density at radius 1 is 1.04 bits per heavy atom. The number of anilines is 1. The molecule has 2 aromatic rings. The van der Waals surface area contributed by atoms with E-state index in [1.54, 1.807) is 6.92 Å². The van der Waals surface area contributed by atoms with Crippen molar-refractivity contribution < 1.29 is 14.7 Å². The summed E-state index contributed by atoms with van der Waals surface area (Å²) in [6, 6.07) is 17.6. The standard InChI is InChI=1S/C21H23NO3/c1-15(19(23)24)13-16-7-9-18(10-8-16)22-20(25)21(11-12-21)14-17-5-3-2-4-6-17/h2-10,15H,11-14H2,1H3,(H,22,25)(H,23,24). The van der Waals surface area contributed by atoms with Crippen LogP contribution in [0, 0.1) is 11.3 Å². The molecular weight excluding hydrogens is 314 g/mol. The fourth-order valence-electron chi connectivity index (χ4n) is 3.05. The lowest BCUT2D eigenvalue weighted by Crippen LogP contribution is -2.26. The zero-order chi connectivity index (χ0) is 17.9. The van der Waals surface area contributed by atoms with Gasteiger partial charge in [-0.25, -0.2) is 0 Å². The summed E-state index contributed by atoms with van der Waals surface area (Å²) in [7, 11) is 0. The number of carbonyl (C=O) groups is 2. The van der Waals surface area contributed by atoms with Crippen molar-refractivity contribution in [2.24, 2.45) is 11.3 Å². The normalized spacial score (nSPS) is 16.0. The van der Waals surface area contributed by atoms with Crippen LogP contribution in [-0.4, -0.2) is 17.0 Å². The molecule has 1 fully saturated rings. The highest BCUT2D eigenvalue weighted by molar-refractivity contribution is 5.97. The summed E-state index contributed by atoms with van der Waals surface area (Å²) in [6.45, 7) is 1.69. The first kappa shape index (κ1) is 17.2. The van der Waals surface area contributed by atoms with Gasteiger partial charge in [0.15, 0.2) is 0 Å². The lowest BCUT2D eigenvalue weighted by atomic mass is 9.95. The number of rotatable bonds is 7. The molecule has 1 aliphatic carbocycles. The van der Waals surface area contributed by atoms with Gasteiger partial charge in [0.25, 0.3) is 0 Å². The first-order chi connectivity index (χ1) is 12.0. The number of hydrogen-bond acceptors (Lipinski definition) is 2. The van der Waals surface area contributed by atoms with Gasteiger partial charge in [-0.05, 0) is 48.9 Å². The predicted molar refractivity (Wildman–Crippen MR) is 97.4 cm³/mol. The molecule has 3 rings (SSSR count). The average Bonchev–Trinajstić information content (AvgIpc) is 3.38. The molecular formula is C21H23NO3. The summed E-state index contributed by atoms with van der Waals surface area (Å²) in [6.07, 6.45) is 3.10. The van der Waals surface area contributed by atoms with Crippen molar-refractivity contribution in [1.29, 1.82) is 0 Å². The van der Waals surface area contributed by atoms with E-state index < -0.39 is 11.9 Å². The molecule has 130 valence electrons. The van der Waals surface area contributed by atoms with Crippen molar-refractivity contribution >= 4 is 17.6 Å². The highest BCUT2D eigenvalue weighted by Gasteiger charge is 2.49. The Morgan fingerprint density at radius 2 is 1.68 bits per heavy atom. The van der Waals surface area contributed by atoms with Crippen molar-refractivity contribution in [3.63, 3.8) is 0 Å². The fraction of sp³-hybridized carbons (Fsp3) is 0.333. The van der Waals surface area contributed by atoms with Crippen LogP contribution in [-0.2, 0) is 22.4 Å². The first-order valence-corrected chi connectivity index (χ1v) is 8.66. The van der Waals surface area contributed by atoms with Gasteiger partial charge in [-0.1, -0.05) is 49.4 Å². The largest absolute Gasteiger partial charge is 0.481 e. The first-order valence-electron chi connectivity index (χ1n) is 8.66. The lowest BCUT2D eigenvalue weighted by Gasteiger charge is -2.16. The van der Waals surface area contributed by atoms with E-state index >= 15 is 0 Å². The highest BCUT2D eigenvalue weighted by Crippen LogP contribution is 2.49. The summed E-state index contributed by atoms with van der Waals surface area (Å²) >= 11 is 0. The quantitative estimate of drug-likeness (QED) is 0.805. The number of carboxylic acids is 1. The third-order valence-electron chi connectivity index (χ3n) is 4.90. The van der Waals surface area contributed by atoms with Crippen molar-refractivity contribution in [2.75, 3.05) is 5.32 Å². The molecule has 4 heteroatoms. The van der Waals surface area contributed by atoms with Gasteiger partial charge in [0.2, 0.25) is 5.91 Å². The maximum absolute atomic E-state index is 12.7. The Morgan fingerprint density at radius 3 is 2.24 bits per heavy atom. The Hall–Kier alpha value is -2.62. The van der Waals surface area contributed by atoms with Crippen molar-refractivity contribution in [3.8, 4) is 0 Å². The highest BCUT2D eigenvalue weighted by atomic mass is 16.4. The SMILES string of the molecule is CC(Cc1ccc(NC(=O)C2(Cc3ccccc3)CC2)cc1)C(=O)O. The van der Waals surface area contributed by atoms with Gasteiger partial charge < -0.3 is 10.4 Å². The molecule has 0 aromatic heterocycles.